The Bertz CT molecular complexity index is 625. The lowest BCUT2D eigenvalue weighted by Gasteiger charge is -2.03. The molecule has 1 aromatic carbocycles. The molecule has 1 aromatic heterocycles. The lowest BCUT2D eigenvalue weighted by molar-refractivity contribution is 0.101. The molecule has 0 spiro atoms. The zero-order chi connectivity index (χ0) is 12.6. The van der Waals surface area contributed by atoms with Gasteiger partial charge in [0.25, 0.3) is 5.56 Å². The fraction of sp³-hybridized carbons (Fsp3) is 0.0909. The summed E-state index contributed by atoms with van der Waals surface area (Å²) in [6.07, 6.45) is 0. The highest BCUT2D eigenvalue weighted by Gasteiger charge is 2.18. The molecule has 0 aliphatic rings. The zero-order valence-electron chi connectivity index (χ0n) is 8.90. The Morgan fingerprint density at radius 3 is 2.41 bits per heavy atom. The van der Waals surface area contributed by atoms with E-state index in [4.69, 9.17) is 11.6 Å². The van der Waals surface area contributed by atoms with Gasteiger partial charge in [-0.2, -0.15) is 0 Å². The van der Waals surface area contributed by atoms with Gasteiger partial charge in [-0.1, -0.05) is 11.6 Å². The number of aromatic nitrogens is 2. The van der Waals surface area contributed by atoms with Crippen molar-refractivity contribution in [1.29, 1.82) is 0 Å². The minimum Gasteiger partial charge on any atom is -0.493 e. The topological polar surface area (TPSA) is 75.1 Å². The Morgan fingerprint density at radius 2 is 1.94 bits per heavy atom. The van der Waals surface area contributed by atoms with Gasteiger partial charge in [-0.05, 0) is 31.2 Å². The van der Waals surface area contributed by atoms with Gasteiger partial charge in [0.15, 0.2) is 5.78 Å². The summed E-state index contributed by atoms with van der Waals surface area (Å²) < 4.78 is 1.13. The molecule has 0 unspecified atom stereocenters. The third kappa shape index (κ3) is 1.97. The van der Waals surface area contributed by atoms with Crippen molar-refractivity contribution >= 4 is 17.4 Å². The van der Waals surface area contributed by atoms with Gasteiger partial charge in [-0.25, -0.2) is 4.68 Å². The quantitative estimate of drug-likeness (QED) is 0.800. The van der Waals surface area contributed by atoms with E-state index in [-0.39, 0.29) is 5.56 Å². The molecular weight excluding hydrogens is 244 g/mol. The number of aromatic amines is 1. The molecule has 5 nitrogen and oxygen atoms in total. The van der Waals surface area contributed by atoms with E-state index in [1.54, 1.807) is 24.3 Å². The first kappa shape index (κ1) is 11.5. The zero-order valence-corrected chi connectivity index (χ0v) is 9.65. The molecule has 0 radical (unpaired) electrons. The van der Waals surface area contributed by atoms with Gasteiger partial charge in [0.2, 0.25) is 5.88 Å². The maximum Gasteiger partial charge on any atom is 0.279 e. The molecule has 88 valence electrons. The molecule has 0 aliphatic carbocycles. The van der Waals surface area contributed by atoms with Crippen LogP contribution < -0.4 is 5.56 Å². The maximum atomic E-state index is 11.5. The Morgan fingerprint density at radius 1 is 1.35 bits per heavy atom. The standard InChI is InChI=1S/C11H9ClN2O3/c1-6(15)9-10(16)13-14(11(9)17)8-4-2-7(12)3-5-8/h2-5,17H,1H3,(H,13,16). The molecule has 0 bridgehead atoms. The summed E-state index contributed by atoms with van der Waals surface area (Å²) in [6.45, 7) is 1.22. The summed E-state index contributed by atoms with van der Waals surface area (Å²) in [5, 5.41) is 12.7. The van der Waals surface area contributed by atoms with E-state index in [0.717, 1.165) is 4.68 Å². The van der Waals surface area contributed by atoms with Crippen LogP contribution in [0.5, 0.6) is 5.88 Å². The van der Waals surface area contributed by atoms with Gasteiger partial charge in [-0.3, -0.25) is 14.7 Å². The van der Waals surface area contributed by atoms with Crippen LogP contribution in [0.25, 0.3) is 5.69 Å². The van der Waals surface area contributed by atoms with Gasteiger partial charge in [0.1, 0.15) is 5.56 Å². The predicted octanol–water partition coefficient (Wildman–Crippen LogP) is 1.73. The van der Waals surface area contributed by atoms with Crippen LogP contribution in [0, 0.1) is 0 Å². The number of nitrogens with zero attached hydrogens (tertiary/aromatic N) is 1. The maximum absolute atomic E-state index is 11.5. The number of aromatic hydroxyl groups is 1. The Labute approximate surface area is 101 Å². The number of hydrogen-bond acceptors (Lipinski definition) is 3. The van der Waals surface area contributed by atoms with Crippen LogP contribution >= 0.6 is 11.6 Å². The fourth-order valence-corrected chi connectivity index (χ4v) is 1.64. The van der Waals surface area contributed by atoms with Gasteiger partial charge >= 0.3 is 0 Å². The van der Waals surface area contributed by atoms with Crippen LogP contribution in [0.3, 0.4) is 0 Å². The summed E-state index contributed by atoms with van der Waals surface area (Å²) in [7, 11) is 0. The van der Waals surface area contributed by atoms with Gasteiger partial charge in [-0.15, -0.1) is 0 Å². The van der Waals surface area contributed by atoms with E-state index in [1.807, 2.05) is 0 Å². The summed E-state index contributed by atoms with van der Waals surface area (Å²) in [4.78, 5) is 22.6. The number of carbonyl (C=O) groups is 1. The molecule has 0 fully saturated rings. The SMILES string of the molecule is CC(=O)c1c(O)n(-c2ccc(Cl)cc2)[nH]c1=O. The van der Waals surface area contributed by atoms with E-state index >= 15 is 0 Å². The Balaban J connectivity index is 2.61. The van der Waals surface area contributed by atoms with E-state index < -0.39 is 17.2 Å². The van der Waals surface area contributed by atoms with Crippen LogP contribution in [0.15, 0.2) is 29.1 Å². The van der Waals surface area contributed by atoms with Crippen molar-refractivity contribution in [1.82, 2.24) is 9.78 Å². The lowest BCUT2D eigenvalue weighted by atomic mass is 10.2. The van der Waals surface area contributed by atoms with Gasteiger partial charge in [0, 0.05) is 5.02 Å². The molecule has 0 atom stereocenters. The normalized spacial score (nSPS) is 10.5. The highest BCUT2D eigenvalue weighted by Crippen LogP contribution is 2.20. The van der Waals surface area contributed by atoms with Crippen molar-refractivity contribution in [3.05, 3.63) is 45.2 Å². The highest BCUT2D eigenvalue weighted by molar-refractivity contribution is 6.30. The van der Waals surface area contributed by atoms with Crippen molar-refractivity contribution in [2.24, 2.45) is 0 Å². The summed E-state index contributed by atoms with van der Waals surface area (Å²) >= 11 is 5.73. The average molecular weight is 253 g/mol. The van der Waals surface area contributed by atoms with Crippen molar-refractivity contribution in [2.75, 3.05) is 0 Å². The number of rotatable bonds is 2. The third-order valence-corrected chi connectivity index (χ3v) is 2.56. The second-order valence-corrected chi connectivity index (χ2v) is 3.94. The van der Waals surface area contributed by atoms with Crippen molar-refractivity contribution in [3.8, 4) is 11.6 Å². The number of halogens is 1. The van der Waals surface area contributed by atoms with Crippen LogP contribution in [-0.4, -0.2) is 20.7 Å². The predicted molar refractivity (Wildman–Crippen MR) is 63.1 cm³/mol. The second kappa shape index (κ2) is 4.10. The minimum absolute atomic E-state index is 0.250. The first-order valence-electron chi connectivity index (χ1n) is 4.81. The van der Waals surface area contributed by atoms with E-state index in [2.05, 4.69) is 5.10 Å². The van der Waals surface area contributed by atoms with Crippen LogP contribution in [-0.2, 0) is 0 Å². The summed E-state index contributed by atoms with van der Waals surface area (Å²) in [5.41, 5.74) is -0.360. The van der Waals surface area contributed by atoms with Crippen molar-refractivity contribution in [3.63, 3.8) is 0 Å². The molecule has 1 heterocycles. The largest absolute Gasteiger partial charge is 0.493 e. The minimum atomic E-state index is -0.620. The molecule has 0 amide bonds. The van der Waals surface area contributed by atoms with Gasteiger partial charge < -0.3 is 5.11 Å². The number of carbonyl (C=O) groups excluding carboxylic acids is 1. The van der Waals surface area contributed by atoms with Crippen molar-refractivity contribution < 1.29 is 9.90 Å². The monoisotopic (exact) mass is 252 g/mol. The molecule has 17 heavy (non-hydrogen) atoms. The van der Waals surface area contributed by atoms with Gasteiger partial charge in [0.05, 0.1) is 5.69 Å². The molecule has 2 rings (SSSR count). The highest BCUT2D eigenvalue weighted by atomic mass is 35.5. The first-order valence-corrected chi connectivity index (χ1v) is 5.19. The molecule has 0 aliphatic heterocycles. The number of Topliss-reactive ketones (excluding diaryl/α,β-unsaturated/α-hetero) is 1. The molecule has 6 heteroatoms. The molecule has 2 aromatic rings. The number of hydrogen-bond donors (Lipinski definition) is 2. The summed E-state index contributed by atoms with van der Waals surface area (Å²) in [6, 6.07) is 6.45. The van der Waals surface area contributed by atoms with Crippen LogP contribution in [0.1, 0.15) is 17.3 Å². The number of ketones is 1. The molecule has 0 saturated carbocycles. The van der Waals surface area contributed by atoms with Crippen molar-refractivity contribution in [2.45, 2.75) is 6.92 Å². The first-order chi connectivity index (χ1) is 8.00. The number of benzene rings is 1. The van der Waals surface area contributed by atoms with E-state index in [1.165, 1.54) is 6.92 Å². The smallest absolute Gasteiger partial charge is 0.279 e. The lowest BCUT2D eigenvalue weighted by Crippen LogP contribution is -2.10. The number of nitrogens with one attached hydrogen (secondary N) is 1. The second-order valence-electron chi connectivity index (χ2n) is 3.51. The Kier molecular flexibility index (Phi) is 2.77. The van der Waals surface area contributed by atoms with Crippen LogP contribution in [0.2, 0.25) is 5.02 Å². The van der Waals surface area contributed by atoms with E-state index in [0.29, 0.717) is 10.7 Å². The number of H-pyrrole nitrogens is 1. The average Bonchev–Trinajstić information content (AvgIpc) is 2.55. The Hall–Kier alpha value is -2.01. The summed E-state index contributed by atoms with van der Waals surface area (Å²) in [5.74, 6) is -0.888. The molecular formula is C11H9ClN2O3. The fourth-order valence-electron chi connectivity index (χ4n) is 1.52. The van der Waals surface area contributed by atoms with Crippen LogP contribution in [0.4, 0.5) is 0 Å². The molecule has 2 N–H and O–H groups in total. The molecule has 0 saturated heterocycles. The van der Waals surface area contributed by atoms with E-state index in [9.17, 15) is 14.7 Å². The third-order valence-electron chi connectivity index (χ3n) is 2.31.